The first-order valence-electron chi connectivity index (χ1n) is 13.6. The van der Waals surface area contributed by atoms with Crippen LogP contribution in [0.15, 0.2) is 42.5 Å². The molecule has 0 spiro atoms. The second kappa shape index (κ2) is 12.1. The average Bonchev–Trinajstić information content (AvgIpc) is 2.87. The summed E-state index contributed by atoms with van der Waals surface area (Å²) < 4.78 is 27.3. The van der Waals surface area contributed by atoms with Gasteiger partial charge < -0.3 is 0 Å². The molecule has 180 valence electrons. The molecule has 2 heteroatoms. The Morgan fingerprint density at radius 2 is 1.30 bits per heavy atom. The van der Waals surface area contributed by atoms with Crippen LogP contribution in [0.3, 0.4) is 0 Å². The van der Waals surface area contributed by atoms with Crippen molar-refractivity contribution in [1.82, 2.24) is 0 Å². The summed E-state index contributed by atoms with van der Waals surface area (Å²) in [7, 11) is 0. The third kappa shape index (κ3) is 6.46. The summed E-state index contributed by atoms with van der Waals surface area (Å²) in [6.45, 7) is 2.12. The average molecular weight is 453 g/mol. The molecule has 0 amide bonds. The van der Waals surface area contributed by atoms with E-state index >= 15 is 4.39 Å². The van der Waals surface area contributed by atoms with E-state index in [-0.39, 0.29) is 12.5 Å². The highest BCUT2D eigenvalue weighted by atomic mass is 19.1. The molecule has 2 aliphatic rings. The van der Waals surface area contributed by atoms with Gasteiger partial charge in [0.2, 0.25) is 0 Å². The quantitative estimate of drug-likeness (QED) is 0.332. The predicted octanol–water partition coefficient (Wildman–Crippen LogP) is 9.98. The van der Waals surface area contributed by atoms with Gasteiger partial charge in [0.05, 0.1) is 6.67 Å². The summed E-state index contributed by atoms with van der Waals surface area (Å²) in [4.78, 5) is 0. The number of halogens is 2. The molecule has 0 bridgehead atoms. The highest BCUT2D eigenvalue weighted by Gasteiger charge is 2.23. The summed E-state index contributed by atoms with van der Waals surface area (Å²) in [5.41, 5.74) is 4.30. The first kappa shape index (κ1) is 24.4. The predicted molar refractivity (Wildman–Crippen MR) is 136 cm³/mol. The van der Waals surface area contributed by atoms with Crippen molar-refractivity contribution in [2.24, 2.45) is 11.8 Å². The van der Waals surface area contributed by atoms with E-state index in [4.69, 9.17) is 0 Å². The van der Waals surface area contributed by atoms with E-state index in [1.807, 2.05) is 6.07 Å². The van der Waals surface area contributed by atoms with Crippen molar-refractivity contribution in [3.8, 4) is 11.1 Å². The van der Waals surface area contributed by atoms with Crippen molar-refractivity contribution >= 4 is 0 Å². The van der Waals surface area contributed by atoms with Crippen LogP contribution >= 0.6 is 0 Å². The van der Waals surface area contributed by atoms with Gasteiger partial charge in [0.1, 0.15) is 5.82 Å². The lowest BCUT2D eigenvalue weighted by molar-refractivity contribution is 0.300. The van der Waals surface area contributed by atoms with Crippen LogP contribution in [0.1, 0.15) is 113 Å². The fraction of sp³-hybridized carbons (Fsp3) is 0.613. The van der Waals surface area contributed by atoms with Crippen molar-refractivity contribution in [1.29, 1.82) is 0 Å². The first-order valence-corrected chi connectivity index (χ1v) is 13.6. The van der Waals surface area contributed by atoms with E-state index in [0.717, 1.165) is 35.8 Å². The molecule has 2 aromatic rings. The van der Waals surface area contributed by atoms with Crippen molar-refractivity contribution in [3.63, 3.8) is 0 Å². The molecule has 0 aromatic heterocycles. The third-order valence-electron chi connectivity index (χ3n) is 8.67. The van der Waals surface area contributed by atoms with Gasteiger partial charge in [-0.15, -0.1) is 0 Å². The monoisotopic (exact) mass is 452 g/mol. The lowest BCUT2D eigenvalue weighted by Crippen LogP contribution is -2.13. The van der Waals surface area contributed by atoms with Gasteiger partial charge in [0, 0.05) is 5.56 Å². The highest BCUT2D eigenvalue weighted by molar-refractivity contribution is 5.65. The number of unbranched alkanes of at least 4 members (excludes halogenated alkanes) is 2. The molecule has 0 aliphatic heterocycles. The number of rotatable bonds is 9. The topological polar surface area (TPSA) is 0 Å². The van der Waals surface area contributed by atoms with Gasteiger partial charge in [-0.2, -0.15) is 0 Å². The second-order valence-corrected chi connectivity index (χ2v) is 10.7. The van der Waals surface area contributed by atoms with Gasteiger partial charge in [-0.3, -0.25) is 4.39 Å². The summed E-state index contributed by atoms with van der Waals surface area (Å²) >= 11 is 0. The molecule has 4 rings (SSSR count). The molecule has 0 heterocycles. The van der Waals surface area contributed by atoms with Crippen LogP contribution < -0.4 is 0 Å². The zero-order valence-electron chi connectivity index (χ0n) is 20.5. The third-order valence-corrected chi connectivity index (χ3v) is 8.67. The SMILES string of the molecule is CC[C@H]1CC[C@H](c2ccc(-c3ccc([C@H]4CC[C@H](CCCCCF)CC4)cc3)c(F)c2)CC1. The van der Waals surface area contributed by atoms with E-state index in [1.54, 1.807) is 6.07 Å². The zero-order chi connectivity index (χ0) is 23.0. The molecular formula is C31H42F2. The molecule has 33 heavy (non-hydrogen) atoms. The van der Waals surface area contributed by atoms with Gasteiger partial charge in [0.15, 0.2) is 0 Å². The van der Waals surface area contributed by atoms with E-state index in [0.29, 0.717) is 11.8 Å². The number of hydrogen-bond donors (Lipinski definition) is 0. The van der Waals surface area contributed by atoms with Crippen LogP contribution in [0.5, 0.6) is 0 Å². The van der Waals surface area contributed by atoms with Gasteiger partial charge >= 0.3 is 0 Å². The van der Waals surface area contributed by atoms with E-state index in [9.17, 15) is 4.39 Å². The minimum atomic E-state index is -0.170. The Bertz CT molecular complexity index is 840. The van der Waals surface area contributed by atoms with Gasteiger partial charge in [-0.1, -0.05) is 69.0 Å². The minimum Gasteiger partial charge on any atom is -0.251 e. The van der Waals surface area contributed by atoms with Crippen LogP contribution in [0.25, 0.3) is 11.1 Å². The largest absolute Gasteiger partial charge is 0.251 e. The molecule has 2 saturated carbocycles. The Kier molecular flexibility index (Phi) is 8.98. The van der Waals surface area contributed by atoms with Crippen LogP contribution in [0.2, 0.25) is 0 Å². The number of benzene rings is 2. The van der Waals surface area contributed by atoms with Crippen molar-refractivity contribution < 1.29 is 8.78 Å². The molecule has 0 saturated heterocycles. The van der Waals surface area contributed by atoms with Gasteiger partial charge in [0.25, 0.3) is 0 Å². The summed E-state index contributed by atoms with van der Waals surface area (Å²) in [6, 6.07) is 14.6. The van der Waals surface area contributed by atoms with Crippen LogP contribution in [0.4, 0.5) is 8.78 Å². The summed E-state index contributed by atoms with van der Waals surface area (Å²) in [5.74, 6) is 2.77. The van der Waals surface area contributed by atoms with E-state index in [2.05, 4.69) is 37.3 Å². The van der Waals surface area contributed by atoms with Gasteiger partial charge in [-0.25, -0.2) is 4.39 Å². The number of hydrogen-bond acceptors (Lipinski definition) is 0. The number of alkyl halides is 1. The fourth-order valence-electron chi connectivity index (χ4n) is 6.35. The van der Waals surface area contributed by atoms with Crippen LogP contribution in [0, 0.1) is 17.7 Å². The first-order chi connectivity index (χ1) is 16.2. The molecule has 2 aromatic carbocycles. The molecule has 0 atom stereocenters. The van der Waals surface area contributed by atoms with Crippen molar-refractivity contribution in [3.05, 3.63) is 59.4 Å². The van der Waals surface area contributed by atoms with E-state index < -0.39 is 0 Å². The Labute approximate surface area is 200 Å². The van der Waals surface area contributed by atoms with Crippen LogP contribution in [-0.4, -0.2) is 6.67 Å². The van der Waals surface area contributed by atoms with Crippen molar-refractivity contribution in [2.45, 2.75) is 102 Å². The van der Waals surface area contributed by atoms with Crippen LogP contribution in [-0.2, 0) is 0 Å². The Morgan fingerprint density at radius 1 is 0.697 bits per heavy atom. The lowest BCUT2D eigenvalue weighted by Gasteiger charge is -2.29. The fourth-order valence-corrected chi connectivity index (χ4v) is 6.35. The Morgan fingerprint density at radius 3 is 1.91 bits per heavy atom. The Balaban J connectivity index is 1.32. The molecule has 0 N–H and O–H groups in total. The molecule has 0 nitrogen and oxygen atoms in total. The second-order valence-electron chi connectivity index (χ2n) is 10.7. The normalized spacial score (nSPS) is 25.8. The standard InChI is InChI=1S/C31H42F2/c1-2-23-7-11-27(12-8-23)29-19-20-30(31(33)22-29)28-17-15-26(16-18-28)25-13-9-24(10-14-25)6-4-3-5-21-32/h15-20,22-25,27H,2-14,21H2,1H3/t23-,24-,25-,27-. The van der Waals surface area contributed by atoms with E-state index in [1.165, 1.54) is 81.8 Å². The lowest BCUT2D eigenvalue weighted by atomic mass is 9.76. The highest BCUT2D eigenvalue weighted by Crippen LogP contribution is 2.40. The summed E-state index contributed by atoms with van der Waals surface area (Å²) in [6.07, 6.45) is 15.5. The molecule has 0 radical (unpaired) electrons. The zero-order valence-corrected chi connectivity index (χ0v) is 20.5. The molecule has 0 unspecified atom stereocenters. The maximum atomic E-state index is 15.1. The maximum Gasteiger partial charge on any atom is 0.131 e. The smallest absolute Gasteiger partial charge is 0.131 e. The molecule has 2 fully saturated rings. The maximum absolute atomic E-state index is 15.1. The molecule has 2 aliphatic carbocycles. The summed E-state index contributed by atoms with van der Waals surface area (Å²) in [5, 5.41) is 0. The molecular weight excluding hydrogens is 410 g/mol. The van der Waals surface area contributed by atoms with Gasteiger partial charge in [-0.05, 0) is 104 Å². The minimum absolute atomic E-state index is 0.0777. The van der Waals surface area contributed by atoms with Crippen molar-refractivity contribution in [2.75, 3.05) is 6.67 Å². The Hall–Kier alpha value is -1.70.